The number of fused-ring (bicyclic) bond motifs is 1. The Hall–Kier alpha value is -1.61. The molecule has 4 heteroatoms. The predicted molar refractivity (Wildman–Crippen MR) is 78.6 cm³/mol. The van der Waals surface area contributed by atoms with Crippen LogP contribution in [0, 0.1) is 5.92 Å². The highest BCUT2D eigenvalue weighted by molar-refractivity contribution is 6.18. The standard InChI is InChI=1S/C15H17ClN2O/c1-10(9-16)11(2)18-15(19)13-7-8-17-14-6-4-3-5-12(13)14/h3-8,10-11H,9H2,1-2H3,(H,18,19). The summed E-state index contributed by atoms with van der Waals surface area (Å²) in [4.78, 5) is 16.6. The Labute approximate surface area is 118 Å². The van der Waals surface area contributed by atoms with E-state index in [4.69, 9.17) is 11.6 Å². The molecule has 2 atom stereocenters. The maximum atomic E-state index is 12.3. The van der Waals surface area contributed by atoms with E-state index in [1.165, 1.54) is 0 Å². The number of amides is 1. The van der Waals surface area contributed by atoms with Crippen LogP contribution in [-0.2, 0) is 0 Å². The van der Waals surface area contributed by atoms with Crippen LogP contribution >= 0.6 is 11.6 Å². The van der Waals surface area contributed by atoms with Gasteiger partial charge in [-0.05, 0) is 25.0 Å². The number of hydrogen-bond donors (Lipinski definition) is 1. The Bertz CT molecular complexity index is 580. The molecular weight excluding hydrogens is 260 g/mol. The molecule has 2 unspecified atom stereocenters. The molecule has 0 aliphatic carbocycles. The van der Waals surface area contributed by atoms with Crippen molar-refractivity contribution in [3.63, 3.8) is 0 Å². The summed E-state index contributed by atoms with van der Waals surface area (Å²) >= 11 is 5.81. The molecule has 0 saturated carbocycles. The fourth-order valence-corrected chi connectivity index (χ4v) is 2.12. The second-order valence-corrected chi connectivity index (χ2v) is 5.08. The molecule has 2 rings (SSSR count). The third kappa shape index (κ3) is 3.04. The van der Waals surface area contributed by atoms with E-state index in [0.717, 1.165) is 10.9 Å². The molecule has 100 valence electrons. The smallest absolute Gasteiger partial charge is 0.252 e. The van der Waals surface area contributed by atoms with E-state index < -0.39 is 0 Å². The highest BCUT2D eigenvalue weighted by atomic mass is 35.5. The SMILES string of the molecule is CC(CCl)C(C)NC(=O)c1ccnc2ccccc12. The van der Waals surface area contributed by atoms with Gasteiger partial charge in [0.25, 0.3) is 5.91 Å². The van der Waals surface area contributed by atoms with Crippen molar-refractivity contribution in [2.75, 3.05) is 5.88 Å². The lowest BCUT2D eigenvalue weighted by Gasteiger charge is -2.19. The summed E-state index contributed by atoms with van der Waals surface area (Å²) in [6.45, 7) is 3.98. The molecule has 1 N–H and O–H groups in total. The van der Waals surface area contributed by atoms with Gasteiger partial charge in [0, 0.05) is 23.5 Å². The number of aromatic nitrogens is 1. The van der Waals surface area contributed by atoms with Crippen molar-refractivity contribution in [3.8, 4) is 0 Å². The minimum Gasteiger partial charge on any atom is -0.349 e. The number of hydrogen-bond acceptors (Lipinski definition) is 2. The quantitative estimate of drug-likeness (QED) is 0.871. The fourth-order valence-electron chi connectivity index (χ4n) is 1.85. The van der Waals surface area contributed by atoms with Crippen molar-refractivity contribution in [3.05, 3.63) is 42.1 Å². The summed E-state index contributed by atoms with van der Waals surface area (Å²) < 4.78 is 0. The molecule has 0 spiro atoms. The first-order chi connectivity index (χ1) is 9.13. The van der Waals surface area contributed by atoms with Crippen LogP contribution < -0.4 is 5.32 Å². The van der Waals surface area contributed by atoms with Gasteiger partial charge in [-0.25, -0.2) is 0 Å². The number of rotatable bonds is 4. The summed E-state index contributed by atoms with van der Waals surface area (Å²) in [5.41, 5.74) is 1.48. The first-order valence-corrected chi connectivity index (χ1v) is 6.87. The largest absolute Gasteiger partial charge is 0.349 e. The number of alkyl halides is 1. The summed E-state index contributed by atoms with van der Waals surface area (Å²) in [6, 6.07) is 9.41. The lowest BCUT2D eigenvalue weighted by molar-refractivity contribution is 0.0932. The summed E-state index contributed by atoms with van der Waals surface area (Å²) in [5.74, 6) is 0.681. The minimum absolute atomic E-state index is 0.0388. The molecule has 2 aromatic rings. The zero-order valence-electron chi connectivity index (χ0n) is 11.1. The first-order valence-electron chi connectivity index (χ1n) is 6.34. The van der Waals surface area contributed by atoms with Crippen molar-refractivity contribution in [2.24, 2.45) is 5.92 Å². The number of pyridine rings is 1. The second-order valence-electron chi connectivity index (χ2n) is 4.77. The zero-order chi connectivity index (χ0) is 13.8. The van der Waals surface area contributed by atoms with Crippen LogP contribution in [-0.4, -0.2) is 22.8 Å². The second kappa shape index (κ2) is 6.02. The zero-order valence-corrected chi connectivity index (χ0v) is 11.8. The predicted octanol–water partition coefficient (Wildman–Crippen LogP) is 3.23. The Morgan fingerprint density at radius 3 is 2.79 bits per heavy atom. The fraction of sp³-hybridized carbons (Fsp3) is 0.333. The lowest BCUT2D eigenvalue weighted by Crippen LogP contribution is -2.37. The number of halogens is 1. The van der Waals surface area contributed by atoms with Gasteiger partial charge in [-0.2, -0.15) is 0 Å². The van der Waals surface area contributed by atoms with Crippen LogP contribution in [0.25, 0.3) is 10.9 Å². The first kappa shape index (κ1) is 13.8. The van der Waals surface area contributed by atoms with E-state index in [1.54, 1.807) is 12.3 Å². The summed E-state index contributed by atoms with van der Waals surface area (Å²) in [5, 5.41) is 3.86. The third-order valence-corrected chi connectivity index (χ3v) is 3.84. The Kier molecular flexibility index (Phi) is 4.38. The molecule has 19 heavy (non-hydrogen) atoms. The average Bonchev–Trinajstić information content (AvgIpc) is 2.45. The number of carbonyl (C=O) groups excluding carboxylic acids is 1. The van der Waals surface area contributed by atoms with Gasteiger partial charge in [-0.3, -0.25) is 9.78 Å². The number of para-hydroxylation sites is 1. The number of nitrogens with one attached hydrogen (secondary N) is 1. The highest BCUT2D eigenvalue weighted by Gasteiger charge is 2.16. The molecule has 1 aromatic heterocycles. The molecule has 0 aliphatic rings. The minimum atomic E-state index is -0.0805. The van der Waals surface area contributed by atoms with Crippen molar-refractivity contribution in [1.82, 2.24) is 10.3 Å². The molecule has 0 fully saturated rings. The maximum absolute atomic E-state index is 12.3. The number of benzene rings is 1. The topological polar surface area (TPSA) is 42.0 Å². The van der Waals surface area contributed by atoms with Crippen molar-refractivity contribution in [2.45, 2.75) is 19.9 Å². The van der Waals surface area contributed by atoms with E-state index in [9.17, 15) is 4.79 Å². The van der Waals surface area contributed by atoms with Gasteiger partial charge in [0.05, 0.1) is 11.1 Å². The summed E-state index contributed by atoms with van der Waals surface area (Å²) in [7, 11) is 0. The molecule has 3 nitrogen and oxygen atoms in total. The van der Waals surface area contributed by atoms with Gasteiger partial charge < -0.3 is 5.32 Å². The van der Waals surface area contributed by atoms with Gasteiger partial charge in [-0.1, -0.05) is 25.1 Å². The normalized spacial score (nSPS) is 14.1. The molecule has 1 amide bonds. The molecule has 0 aliphatic heterocycles. The van der Waals surface area contributed by atoms with E-state index in [2.05, 4.69) is 10.3 Å². The highest BCUT2D eigenvalue weighted by Crippen LogP contribution is 2.16. The van der Waals surface area contributed by atoms with Gasteiger partial charge in [-0.15, -0.1) is 11.6 Å². The maximum Gasteiger partial charge on any atom is 0.252 e. The van der Waals surface area contributed by atoms with Crippen LogP contribution in [0.2, 0.25) is 0 Å². The van der Waals surface area contributed by atoms with Crippen LogP contribution in [0.4, 0.5) is 0 Å². The van der Waals surface area contributed by atoms with Crippen molar-refractivity contribution >= 4 is 28.4 Å². The van der Waals surface area contributed by atoms with Crippen LogP contribution in [0.3, 0.4) is 0 Å². The molecule has 1 heterocycles. The van der Waals surface area contributed by atoms with Gasteiger partial charge in [0.2, 0.25) is 0 Å². The van der Waals surface area contributed by atoms with Crippen molar-refractivity contribution in [1.29, 1.82) is 0 Å². The average molecular weight is 277 g/mol. The van der Waals surface area contributed by atoms with Crippen LogP contribution in [0.5, 0.6) is 0 Å². The molecule has 0 saturated heterocycles. The lowest BCUT2D eigenvalue weighted by atomic mass is 10.0. The van der Waals surface area contributed by atoms with Gasteiger partial charge in [0.15, 0.2) is 0 Å². The summed E-state index contributed by atoms with van der Waals surface area (Å²) in [6.07, 6.45) is 1.66. The van der Waals surface area contributed by atoms with Gasteiger partial charge >= 0.3 is 0 Å². The Balaban J connectivity index is 2.27. The third-order valence-electron chi connectivity index (χ3n) is 3.35. The van der Waals surface area contributed by atoms with E-state index >= 15 is 0 Å². The Morgan fingerprint density at radius 2 is 2.05 bits per heavy atom. The van der Waals surface area contributed by atoms with Crippen LogP contribution in [0.15, 0.2) is 36.5 Å². The van der Waals surface area contributed by atoms with E-state index in [0.29, 0.717) is 11.4 Å². The van der Waals surface area contributed by atoms with Crippen LogP contribution in [0.1, 0.15) is 24.2 Å². The number of nitrogens with zero attached hydrogens (tertiary/aromatic N) is 1. The van der Waals surface area contributed by atoms with E-state index in [1.807, 2.05) is 38.1 Å². The van der Waals surface area contributed by atoms with E-state index in [-0.39, 0.29) is 17.9 Å². The monoisotopic (exact) mass is 276 g/mol. The number of carbonyl (C=O) groups is 1. The molecule has 1 aromatic carbocycles. The van der Waals surface area contributed by atoms with Gasteiger partial charge in [0.1, 0.15) is 0 Å². The van der Waals surface area contributed by atoms with Crippen molar-refractivity contribution < 1.29 is 4.79 Å². The molecular formula is C15H17ClN2O. The molecule has 0 radical (unpaired) electrons. The molecule has 0 bridgehead atoms. The Morgan fingerprint density at radius 1 is 1.32 bits per heavy atom.